The Bertz CT molecular complexity index is 3760. The fourth-order valence-electron chi connectivity index (χ4n) is 9.35. The van der Waals surface area contributed by atoms with Crippen molar-refractivity contribution in [1.29, 1.82) is 10.5 Å². The maximum Gasteiger partial charge on any atom is 0.136 e. The lowest BCUT2D eigenvalue weighted by Crippen LogP contribution is -2.09. The molecule has 3 heterocycles. The van der Waals surface area contributed by atoms with Crippen molar-refractivity contribution in [2.45, 2.75) is 0 Å². The lowest BCUT2D eigenvalue weighted by Gasteiger charge is -2.25. The van der Waals surface area contributed by atoms with Gasteiger partial charge in [-0.25, -0.2) is 0 Å². The standard InChI is InChI=1S/C54H31N5O/c55-32-35-28-50(59-46-21-11-9-19-41(46)43-31-53-44(30-51(43)59)42-20-10-12-22-52(42)60-53)36(33-56)27-49(35)58-47-26-24-39(57(37-14-3-1-4-15-37)38-16-5-2-6-17-38)29-45(47)54-40-18-8-7-13-34(40)23-25-48(54)58/h1-31H. The highest BCUT2D eigenvalue weighted by Gasteiger charge is 2.24. The molecule has 6 nitrogen and oxygen atoms in total. The third kappa shape index (κ3) is 4.86. The third-order valence-corrected chi connectivity index (χ3v) is 11.9. The summed E-state index contributed by atoms with van der Waals surface area (Å²) in [5.41, 5.74) is 10.7. The Kier molecular flexibility index (Phi) is 7.26. The maximum atomic E-state index is 11.1. The van der Waals surface area contributed by atoms with E-state index in [1.54, 1.807) is 0 Å². The van der Waals surface area contributed by atoms with E-state index in [0.29, 0.717) is 22.5 Å². The molecule has 0 N–H and O–H groups in total. The van der Waals surface area contributed by atoms with Crippen LogP contribution in [0.1, 0.15) is 11.1 Å². The number of nitriles is 2. The Labute approximate surface area is 343 Å². The number of benzene rings is 9. The first-order valence-corrected chi connectivity index (χ1v) is 19.9. The molecule has 0 radical (unpaired) electrons. The van der Waals surface area contributed by atoms with Gasteiger partial charge in [-0.3, -0.25) is 0 Å². The van der Waals surface area contributed by atoms with Gasteiger partial charge < -0.3 is 18.5 Å². The van der Waals surface area contributed by atoms with Gasteiger partial charge in [0.2, 0.25) is 0 Å². The van der Waals surface area contributed by atoms with Crippen LogP contribution in [0.4, 0.5) is 17.1 Å². The van der Waals surface area contributed by atoms with Crippen LogP contribution in [0.2, 0.25) is 0 Å². The Morgan fingerprint density at radius 3 is 1.68 bits per heavy atom. The van der Waals surface area contributed by atoms with Crippen LogP contribution < -0.4 is 4.90 Å². The molecule has 12 rings (SSSR count). The Hall–Kier alpha value is -8.58. The highest BCUT2D eigenvalue weighted by molar-refractivity contribution is 6.22. The summed E-state index contributed by atoms with van der Waals surface area (Å²) in [6, 6.07) is 69.4. The largest absolute Gasteiger partial charge is 0.456 e. The number of fused-ring (bicyclic) bond motifs is 11. The molecule has 0 unspecified atom stereocenters. The monoisotopic (exact) mass is 765 g/mol. The normalized spacial score (nSPS) is 11.6. The molecular formula is C54H31N5O. The number of aromatic nitrogens is 2. The summed E-state index contributed by atoms with van der Waals surface area (Å²) in [7, 11) is 0. The number of hydrogen-bond acceptors (Lipinski definition) is 4. The molecule has 3 aromatic heterocycles. The van der Waals surface area contributed by atoms with Gasteiger partial charge in [-0.15, -0.1) is 0 Å². The first kappa shape index (κ1) is 33.5. The molecule has 0 aliphatic carbocycles. The Morgan fingerprint density at radius 2 is 0.967 bits per heavy atom. The molecule has 60 heavy (non-hydrogen) atoms. The van der Waals surface area contributed by atoms with E-state index in [9.17, 15) is 10.5 Å². The zero-order valence-electron chi connectivity index (χ0n) is 32.0. The molecule has 6 heteroatoms. The van der Waals surface area contributed by atoms with Gasteiger partial charge in [0.25, 0.3) is 0 Å². The number of para-hydroxylation sites is 4. The molecule has 0 aliphatic heterocycles. The van der Waals surface area contributed by atoms with Crippen LogP contribution in [-0.4, -0.2) is 9.13 Å². The highest BCUT2D eigenvalue weighted by Crippen LogP contribution is 2.44. The number of rotatable bonds is 5. The number of anilines is 3. The lowest BCUT2D eigenvalue weighted by molar-refractivity contribution is 0.669. The van der Waals surface area contributed by atoms with Gasteiger partial charge >= 0.3 is 0 Å². The summed E-state index contributed by atoms with van der Waals surface area (Å²) >= 11 is 0. The van der Waals surface area contributed by atoms with Gasteiger partial charge in [0.1, 0.15) is 23.3 Å². The van der Waals surface area contributed by atoms with E-state index in [0.717, 1.165) is 93.4 Å². The van der Waals surface area contributed by atoms with E-state index in [2.05, 4.69) is 160 Å². The van der Waals surface area contributed by atoms with Crippen LogP contribution in [0.25, 0.3) is 87.7 Å². The molecule has 0 amide bonds. The molecule has 0 spiro atoms. The Balaban J connectivity index is 1.13. The van der Waals surface area contributed by atoms with Gasteiger partial charge in [-0.05, 0) is 95.7 Å². The topological polar surface area (TPSA) is 73.8 Å². The summed E-state index contributed by atoms with van der Waals surface area (Å²) in [4.78, 5) is 2.27. The van der Waals surface area contributed by atoms with E-state index in [1.165, 1.54) is 0 Å². The van der Waals surface area contributed by atoms with Crippen LogP contribution in [0.3, 0.4) is 0 Å². The highest BCUT2D eigenvalue weighted by atomic mass is 16.3. The summed E-state index contributed by atoms with van der Waals surface area (Å²) in [6.07, 6.45) is 0. The molecule has 9 aromatic carbocycles. The van der Waals surface area contributed by atoms with Gasteiger partial charge in [0.15, 0.2) is 0 Å². The molecule has 278 valence electrons. The number of furan rings is 1. The van der Waals surface area contributed by atoms with E-state index < -0.39 is 0 Å². The second kappa shape index (κ2) is 13.0. The summed E-state index contributed by atoms with van der Waals surface area (Å²) < 4.78 is 10.6. The summed E-state index contributed by atoms with van der Waals surface area (Å²) in [5, 5.41) is 30.5. The fraction of sp³-hybridized carbons (Fsp3) is 0. The lowest BCUT2D eigenvalue weighted by atomic mass is 10.0. The minimum atomic E-state index is 0.454. The quantitative estimate of drug-likeness (QED) is 0.175. The third-order valence-electron chi connectivity index (χ3n) is 11.9. The second-order valence-corrected chi connectivity index (χ2v) is 15.2. The van der Waals surface area contributed by atoms with Crippen molar-refractivity contribution < 1.29 is 4.42 Å². The van der Waals surface area contributed by atoms with Crippen molar-refractivity contribution in [3.8, 4) is 23.5 Å². The molecule has 0 fully saturated rings. The molecule has 0 saturated heterocycles. The molecule has 0 saturated carbocycles. The predicted molar refractivity (Wildman–Crippen MR) is 244 cm³/mol. The SMILES string of the molecule is N#Cc1cc(-n2c3ccc(N(c4ccccc4)c4ccccc4)cc3c3c4ccccc4ccc32)c(C#N)cc1-n1c2ccccc2c2cc3oc4ccccc4c3cc21. The minimum absolute atomic E-state index is 0.454. The van der Waals surface area contributed by atoms with Crippen LogP contribution in [-0.2, 0) is 0 Å². The molecule has 0 aliphatic rings. The van der Waals surface area contributed by atoms with Crippen molar-refractivity contribution in [2.75, 3.05) is 4.90 Å². The molecule has 12 aromatic rings. The van der Waals surface area contributed by atoms with Crippen molar-refractivity contribution in [3.05, 3.63) is 199 Å². The average Bonchev–Trinajstić information content (AvgIpc) is 3.95. The van der Waals surface area contributed by atoms with Gasteiger partial charge in [0.05, 0.1) is 44.6 Å². The predicted octanol–water partition coefficient (Wildman–Crippen LogP) is 14.1. The van der Waals surface area contributed by atoms with Gasteiger partial charge in [0, 0.05) is 49.4 Å². The van der Waals surface area contributed by atoms with Crippen LogP contribution >= 0.6 is 0 Å². The second-order valence-electron chi connectivity index (χ2n) is 15.2. The number of hydrogen-bond donors (Lipinski definition) is 0. The van der Waals surface area contributed by atoms with Crippen LogP contribution in [0.15, 0.2) is 192 Å². The van der Waals surface area contributed by atoms with E-state index in [4.69, 9.17) is 4.42 Å². The summed E-state index contributed by atoms with van der Waals surface area (Å²) in [6.45, 7) is 0. The van der Waals surface area contributed by atoms with Crippen molar-refractivity contribution in [2.24, 2.45) is 0 Å². The van der Waals surface area contributed by atoms with Crippen LogP contribution in [0, 0.1) is 22.7 Å². The molecular weight excluding hydrogens is 735 g/mol. The zero-order valence-corrected chi connectivity index (χ0v) is 32.0. The zero-order chi connectivity index (χ0) is 39.9. The van der Waals surface area contributed by atoms with Crippen LogP contribution in [0.5, 0.6) is 0 Å². The maximum absolute atomic E-state index is 11.1. The Morgan fingerprint density at radius 1 is 0.383 bits per heavy atom. The number of nitrogens with zero attached hydrogens (tertiary/aromatic N) is 5. The van der Waals surface area contributed by atoms with Crippen molar-refractivity contribution >= 4 is 93.4 Å². The first-order valence-electron chi connectivity index (χ1n) is 19.9. The first-order chi connectivity index (χ1) is 29.7. The molecule has 0 atom stereocenters. The van der Waals surface area contributed by atoms with E-state index in [1.807, 2.05) is 54.6 Å². The minimum Gasteiger partial charge on any atom is -0.456 e. The van der Waals surface area contributed by atoms with Crippen molar-refractivity contribution in [3.63, 3.8) is 0 Å². The van der Waals surface area contributed by atoms with E-state index >= 15 is 0 Å². The van der Waals surface area contributed by atoms with Crippen molar-refractivity contribution in [1.82, 2.24) is 9.13 Å². The average molecular weight is 766 g/mol. The van der Waals surface area contributed by atoms with E-state index in [-0.39, 0.29) is 0 Å². The summed E-state index contributed by atoms with van der Waals surface area (Å²) in [5.74, 6) is 0. The van der Waals surface area contributed by atoms with Gasteiger partial charge in [-0.1, -0.05) is 103 Å². The smallest absolute Gasteiger partial charge is 0.136 e. The van der Waals surface area contributed by atoms with Gasteiger partial charge in [-0.2, -0.15) is 10.5 Å². The fourth-order valence-corrected chi connectivity index (χ4v) is 9.35. The molecule has 0 bridgehead atoms.